The summed E-state index contributed by atoms with van der Waals surface area (Å²) in [7, 11) is 0. The molecule has 0 saturated carbocycles. The molecule has 0 radical (unpaired) electrons. The van der Waals surface area contributed by atoms with Crippen molar-refractivity contribution in [3.8, 4) is 0 Å². The number of rotatable bonds is 3. The first kappa shape index (κ1) is 9.86. The summed E-state index contributed by atoms with van der Waals surface area (Å²) in [5.41, 5.74) is 8.53. The third-order valence-corrected chi connectivity index (χ3v) is 1.93. The molecule has 13 heavy (non-hydrogen) atoms. The third-order valence-electron chi connectivity index (χ3n) is 1.93. The van der Waals surface area contributed by atoms with Crippen molar-refractivity contribution in [2.75, 3.05) is 11.1 Å². The summed E-state index contributed by atoms with van der Waals surface area (Å²) < 4.78 is 0. The van der Waals surface area contributed by atoms with Crippen molar-refractivity contribution in [1.29, 1.82) is 0 Å². The Bertz CT molecular complexity index is 284. The Kier molecular flexibility index (Phi) is 3.14. The number of nitrogens with two attached hydrogens (primary N) is 1. The predicted molar refractivity (Wildman–Crippen MR) is 55.5 cm³/mol. The van der Waals surface area contributed by atoms with Crippen LogP contribution < -0.4 is 11.1 Å². The van der Waals surface area contributed by atoms with Gasteiger partial charge in [0, 0.05) is 11.4 Å². The Balaban J connectivity index is 2.98. The van der Waals surface area contributed by atoms with E-state index in [1.807, 2.05) is 25.1 Å². The monoisotopic (exact) mass is 180 g/mol. The molecule has 0 aliphatic heterocycles. The zero-order valence-corrected chi connectivity index (χ0v) is 8.04. The minimum absolute atomic E-state index is 0.549. The fraction of sp³-hybridized carbons (Fsp3) is 0.400. The smallest absolute Gasteiger partial charge is 0.121 e. The number of hydrogen-bond donors (Lipinski definition) is 3. The van der Waals surface area contributed by atoms with Gasteiger partial charge in [-0.25, -0.2) is 0 Å². The average Bonchev–Trinajstić information content (AvgIpc) is 2.03. The number of aliphatic hydroxyl groups is 1. The molecule has 0 spiro atoms. The van der Waals surface area contributed by atoms with Crippen LogP contribution in [-0.2, 0) is 6.42 Å². The molecule has 0 bridgehead atoms. The zero-order chi connectivity index (χ0) is 9.84. The molecular weight excluding hydrogens is 164 g/mol. The van der Waals surface area contributed by atoms with E-state index in [1.165, 1.54) is 0 Å². The minimum atomic E-state index is -0.549. The van der Waals surface area contributed by atoms with Gasteiger partial charge in [-0.15, -0.1) is 0 Å². The van der Waals surface area contributed by atoms with Crippen molar-refractivity contribution in [2.45, 2.75) is 26.5 Å². The predicted octanol–water partition coefficient (Wildman–Crippen LogP) is 1.58. The summed E-state index contributed by atoms with van der Waals surface area (Å²) >= 11 is 0. The third kappa shape index (κ3) is 2.36. The molecule has 0 amide bonds. The van der Waals surface area contributed by atoms with Gasteiger partial charge in [0.1, 0.15) is 6.23 Å². The van der Waals surface area contributed by atoms with Crippen molar-refractivity contribution in [1.82, 2.24) is 0 Å². The summed E-state index contributed by atoms with van der Waals surface area (Å²) in [4.78, 5) is 0. The van der Waals surface area contributed by atoms with Gasteiger partial charge in [0.2, 0.25) is 0 Å². The van der Waals surface area contributed by atoms with Crippen LogP contribution in [0.25, 0.3) is 0 Å². The van der Waals surface area contributed by atoms with Crippen LogP contribution in [0.1, 0.15) is 19.4 Å². The second-order valence-corrected chi connectivity index (χ2v) is 3.05. The van der Waals surface area contributed by atoms with Crippen molar-refractivity contribution >= 4 is 11.4 Å². The molecule has 0 aliphatic rings. The maximum absolute atomic E-state index is 9.16. The van der Waals surface area contributed by atoms with E-state index >= 15 is 0 Å². The highest BCUT2D eigenvalue weighted by Crippen LogP contribution is 2.22. The number of nitrogens with one attached hydrogen (secondary N) is 1. The fourth-order valence-electron chi connectivity index (χ4n) is 1.36. The Hall–Kier alpha value is -1.22. The normalized spacial score (nSPS) is 12.5. The standard InChI is InChI=1S/C10H16N2O/c1-3-8-9(11)5-4-6-10(8)12-7(2)13/h4-7,12-13H,3,11H2,1-2H3. The molecule has 1 rings (SSSR count). The average molecular weight is 180 g/mol. The minimum Gasteiger partial charge on any atom is -0.398 e. The lowest BCUT2D eigenvalue weighted by Crippen LogP contribution is -2.15. The number of aliphatic hydroxyl groups excluding tert-OH is 1. The molecule has 4 N–H and O–H groups in total. The Morgan fingerprint density at radius 3 is 2.77 bits per heavy atom. The molecule has 3 nitrogen and oxygen atoms in total. The number of benzene rings is 1. The first-order valence-electron chi connectivity index (χ1n) is 4.47. The quantitative estimate of drug-likeness (QED) is 0.489. The van der Waals surface area contributed by atoms with Gasteiger partial charge in [0.15, 0.2) is 0 Å². The SMILES string of the molecule is CCc1c(N)cccc1NC(C)O. The van der Waals surface area contributed by atoms with Crippen molar-refractivity contribution < 1.29 is 5.11 Å². The van der Waals surface area contributed by atoms with Crippen LogP contribution in [0.4, 0.5) is 11.4 Å². The van der Waals surface area contributed by atoms with Gasteiger partial charge in [-0.3, -0.25) is 0 Å². The maximum Gasteiger partial charge on any atom is 0.121 e. The van der Waals surface area contributed by atoms with Gasteiger partial charge < -0.3 is 16.2 Å². The molecule has 3 heteroatoms. The molecule has 72 valence electrons. The first-order chi connectivity index (χ1) is 6.15. The summed E-state index contributed by atoms with van der Waals surface area (Å²) in [6, 6.07) is 5.66. The summed E-state index contributed by atoms with van der Waals surface area (Å²) in [5.74, 6) is 0. The highest BCUT2D eigenvalue weighted by molar-refractivity contribution is 5.63. The van der Waals surface area contributed by atoms with E-state index < -0.39 is 6.23 Å². The Morgan fingerprint density at radius 2 is 2.23 bits per heavy atom. The number of nitrogen functional groups attached to an aromatic ring is 1. The van der Waals surface area contributed by atoms with Crippen molar-refractivity contribution in [3.63, 3.8) is 0 Å². The van der Waals surface area contributed by atoms with Crippen LogP contribution in [0.2, 0.25) is 0 Å². The molecule has 1 aromatic carbocycles. The van der Waals surface area contributed by atoms with Crippen LogP contribution in [0.15, 0.2) is 18.2 Å². The van der Waals surface area contributed by atoms with Crippen LogP contribution in [0.3, 0.4) is 0 Å². The molecule has 0 fully saturated rings. The van der Waals surface area contributed by atoms with Gasteiger partial charge in [-0.1, -0.05) is 13.0 Å². The van der Waals surface area contributed by atoms with Gasteiger partial charge in [0.25, 0.3) is 0 Å². The Morgan fingerprint density at radius 1 is 1.54 bits per heavy atom. The van der Waals surface area contributed by atoms with Gasteiger partial charge >= 0.3 is 0 Å². The van der Waals surface area contributed by atoms with Crippen LogP contribution >= 0.6 is 0 Å². The summed E-state index contributed by atoms with van der Waals surface area (Å²) in [5, 5.41) is 12.1. The Labute approximate surface area is 78.6 Å². The van der Waals surface area contributed by atoms with E-state index in [0.29, 0.717) is 0 Å². The number of anilines is 2. The molecule has 1 unspecified atom stereocenters. The zero-order valence-electron chi connectivity index (χ0n) is 8.04. The molecule has 1 atom stereocenters. The van der Waals surface area contributed by atoms with Crippen molar-refractivity contribution in [2.24, 2.45) is 0 Å². The lowest BCUT2D eigenvalue weighted by molar-refractivity contribution is 0.224. The van der Waals surface area contributed by atoms with Crippen LogP contribution in [0, 0.1) is 0 Å². The van der Waals surface area contributed by atoms with E-state index in [4.69, 9.17) is 10.8 Å². The van der Waals surface area contributed by atoms with Crippen molar-refractivity contribution in [3.05, 3.63) is 23.8 Å². The first-order valence-corrected chi connectivity index (χ1v) is 4.47. The highest BCUT2D eigenvalue weighted by atomic mass is 16.3. The van der Waals surface area contributed by atoms with E-state index in [9.17, 15) is 0 Å². The van der Waals surface area contributed by atoms with Crippen LogP contribution in [0.5, 0.6) is 0 Å². The molecule has 0 heterocycles. The van der Waals surface area contributed by atoms with Crippen LogP contribution in [-0.4, -0.2) is 11.3 Å². The van der Waals surface area contributed by atoms with E-state index in [1.54, 1.807) is 6.92 Å². The maximum atomic E-state index is 9.16. The summed E-state index contributed by atoms with van der Waals surface area (Å²) in [6.07, 6.45) is 0.314. The number of hydrogen-bond acceptors (Lipinski definition) is 3. The molecular formula is C10H16N2O. The second-order valence-electron chi connectivity index (χ2n) is 3.05. The molecule has 0 saturated heterocycles. The van der Waals surface area contributed by atoms with Gasteiger partial charge in [0.05, 0.1) is 0 Å². The lowest BCUT2D eigenvalue weighted by Gasteiger charge is -2.14. The fourth-order valence-corrected chi connectivity index (χ4v) is 1.36. The summed E-state index contributed by atoms with van der Waals surface area (Å²) in [6.45, 7) is 3.72. The largest absolute Gasteiger partial charge is 0.398 e. The van der Waals surface area contributed by atoms with Gasteiger partial charge in [-0.05, 0) is 31.0 Å². The van der Waals surface area contributed by atoms with E-state index in [2.05, 4.69) is 5.32 Å². The molecule has 0 aliphatic carbocycles. The lowest BCUT2D eigenvalue weighted by atomic mass is 10.1. The second kappa shape index (κ2) is 4.14. The van der Waals surface area contributed by atoms with E-state index in [-0.39, 0.29) is 0 Å². The molecule has 0 aromatic heterocycles. The molecule has 1 aromatic rings. The van der Waals surface area contributed by atoms with Gasteiger partial charge in [-0.2, -0.15) is 0 Å². The topological polar surface area (TPSA) is 58.3 Å². The highest BCUT2D eigenvalue weighted by Gasteiger charge is 2.04. The van der Waals surface area contributed by atoms with E-state index in [0.717, 1.165) is 23.4 Å².